The zero-order valence-corrected chi connectivity index (χ0v) is 10.8. The number of halogens is 1. The van der Waals surface area contributed by atoms with Crippen LogP contribution in [-0.2, 0) is 6.42 Å². The topological polar surface area (TPSA) is 15.3 Å². The summed E-state index contributed by atoms with van der Waals surface area (Å²) in [7, 11) is 0. The Hall–Kier alpha value is -0.930. The van der Waals surface area contributed by atoms with Crippen molar-refractivity contribution in [1.82, 2.24) is 10.2 Å². The summed E-state index contributed by atoms with van der Waals surface area (Å²) in [5.41, 5.74) is 2.49. The Morgan fingerprint density at radius 1 is 1.28 bits per heavy atom. The lowest BCUT2D eigenvalue weighted by Crippen LogP contribution is -2.31. The SMILES string of the molecule is Fc1ccc2c(c1)CCC2NCCN1CCCC1. The van der Waals surface area contributed by atoms with E-state index in [2.05, 4.69) is 10.2 Å². The number of hydrogen-bond donors (Lipinski definition) is 1. The molecule has 0 spiro atoms. The maximum Gasteiger partial charge on any atom is 0.123 e. The molecule has 1 aromatic carbocycles. The minimum atomic E-state index is -0.105. The minimum absolute atomic E-state index is 0.105. The van der Waals surface area contributed by atoms with E-state index in [0.29, 0.717) is 6.04 Å². The molecule has 0 saturated carbocycles. The molecule has 1 aliphatic heterocycles. The molecule has 1 aliphatic carbocycles. The summed E-state index contributed by atoms with van der Waals surface area (Å²) >= 11 is 0. The molecule has 1 N–H and O–H groups in total. The predicted octanol–water partition coefficient (Wildman–Crippen LogP) is 2.50. The quantitative estimate of drug-likeness (QED) is 0.880. The highest BCUT2D eigenvalue weighted by Gasteiger charge is 2.22. The summed E-state index contributed by atoms with van der Waals surface area (Å²) < 4.78 is 13.1. The van der Waals surface area contributed by atoms with Crippen LogP contribution in [0.1, 0.15) is 36.4 Å². The summed E-state index contributed by atoms with van der Waals surface area (Å²) in [6.45, 7) is 4.71. The van der Waals surface area contributed by atoms with E-state index in [1.165, 1.54) is 37.1 Å². The van der Waals surface area contributed by atoms with Gasteiger partial charge in [-0.1, -0.05) is 6.07 Å². The lowest BCUT2D eigenvalue weighted by Gasteiger charge is -2.18. The van der Waals surface area contributed by atoms with Crippen LogP contribution < -0.4 is 5.32 Å². The highest BCUT2D eigenvalue weighted by molar-refractivity contribution is 5.34. The van der Waals surface area contributed by atoms with Crippen molar-refractivity contribution in [2.45, 2.75) is 31.7 Å². The Bertz CT molecular complexity index is 413. The van der Waals surface area contributed by atoms with Crippen molar-refractivity contribution < 1.29 is 4.39 Å². The number of likely N-dealkylation sites (tertiary alicyclic amines) is 1. The van der Waals surface area contributed by atoms with Gasteiger partial charge in [-0.05, 0) is 62.0 Å². The van der Waals surface area contributed by atoms with Crippen LogP contribution in [0.4, 0.5) is 4.39 Å². The summed E-state index contributed by atoms with van der Waals surface area (Å²) in [6, 6.07) is 5.66. The van der Waals surface area contributed by atoms with Crippen LogP contribution >= 0.6 is 0 Å². The van der Waals surface area contributed by atoms with E-state index in [1.54, 1.807) is 12.1 Å². The highest BCUT2D eigenvalue weighted by Crippen LogP contribution is 2.31. The Kier molecular flexibility index (Phi) is 3.62. The zero-order valence-electron chi connectivity index (χ0n) is 10.8. The van der Waals surface area contributed by atoms with Gasteiger partial charge in [0.25, 0.3) is 0 Å². The molecule has 0 bridgehead atoms. The molecule has 0 amide bonds. The zero-order chi connectivity index (χ0) is 12.4. The second-order valence-electron chi connectivity index (χ2n) is 5.44. The van der Waals surface area contributed by atoms with Gasteiger partial charge in [0, 0.05) is 19.1 Å². The average molecular weight is 248 g/mol. The molecule has 0 radical (unpaired) electrons. The molecular weight excluding hydrogens is 227 g/mol. The van der Waals surface area contributed by atoms with E-state index in [9.17, 15) is 4.39 Å². The molecule has 2 nitrogen and oxygen atoms in total. The molecule has 2 aliphatic rings. The Balaban J connectivity index is 1.53. The van der Waals surface area contributed by atoms with Crippen molar-refractivity contribution >= 4 is 0 Å². The molecule has 0 aromatic heterocycles. The fourth-order valence-corrected chi connectivity index (χ4v) is 3.20. The molecule has 18 heavy (non-hydrogen) atoms. The van der Waals surface area contributed by atoms with Gasteiger partial charge in [-0.2, -0.15) is 0 Å². The second kappa shape index (κ2) is 5.37. The van der Waals surface area contributed by atoms with Crippen LogP contribution in [-0.4, -0.2) is 31.1 Å². The van der Waals surface area contributed by atoms with Crippen LogP contribution in [0.15, 0.2) is 18.2 Å². The molecule has 1 unspecified atom stereocenters. The summed E-state index contributed by atoms with van der Waals surface area (Å²) in [4.78, 5) is 2.52. The van der Waals surface area contributed by atoms with E-state index in [1.807, 2.05) is 6.07 Å². The van der Waals surface area contributed by atoms with Gasteiger partial charge >= 0.3 is 0 Å². The lowest BCUT2D eigenvalue weighted by molar-refractivity contribution is 0.327. The Labute approximate surface area is 108 Å². The van der Waals surface area contributed by atoms with Gasteiger partial charge in [-0.3, -0.25) is 0 Å². The van der Waals surface area contributed by atoms with Gasteiger partial charge in [0.2, 0.25) is 0 Å². The van der Waals surface area contributed by atoms with Crippen LogP contribution in [0.25, 0.3) is 0 Å². The monoisotopic (exact) mass is 248 g/mol. The summed E-state index contributed by atoms with van der Waals surface area (Å²) in [5, 5.41) is 3.62. The third kappa shape index (κ3) is 2.57. The van der Waals surface area contributed by atoms with Crippen LogP contribution in [0.2, 0.25) is 0 Å². The van der Waals surface area contributed by atoms with Gasteiger partial charge in [0.1, 0.15) is 5.82 Å². The number of benzene rings is 1. The third-order valence-electron chi connectivity index (χ3n) is 4.20. The maximum absolute atomic E-state index is 13.1. The molecule has 98 valence electrons. The summed E-state index contributed by atoms with van der Waals surface area (Å²) in [5.74, 6) is -0.105. The normalized spacial score (nSPS) is 23.5. The van der Waals surface area contributed by atoms with Crippen molar-refractivity contribution in [2.75, 3.05) is 26.2 Å². The highest BCUT2D eigenvalue weighted by atomic mass is 19.1. The first kappa shape index (κ1) is 12.1. The summed E-state index contributed by atoms with van der Waals surface area (Å²) in [6.07, 6.45) is 4.82. The van der Waals surface area contributed by atoms with E-state index in [0.717, 1.165) is 25.9 Å². The Morgan fingerprint density at radius 2 is 2.11 bits per heavy atom. The number of fused-ring (bicyclic) bond motifs is 1. The lowest BCUT2D eigenvalue weighted by atomic mass is 10.1. The van der Waals surface area contributed by atoms with Crippen molar-refractivity contribution in [2.24, 2.45) is 0 Å². The first-order valence-corrected chi connectivity index (χ1v) is 7.07. The molecule has 1 fully saturated rings. The molecule has 1 saturated heterocycles. The first-order chi connectivity index (χ1) is 8.83. The van der Waals surface area contributed by atoms with Gasteiger partial charge < -0.3 is 10.2 Å². The van der Waals surface area contributed by atoms with Gasteiger partial charge in [0.05, 0.1) is 0 Å². The third-order valence-corrected chi connectivity index (χ3v) is 4.20. The standard InChI is InChI=1S/C15H21FN2/c16-13-4-5-14-12(11-13)3-6-15(14)17-7-10-18-8-1-2-9-18/h4-5,11,15,17H,1-3,6-10H2. The first-order valence-electron chi connectivity index (χ1n) is 7.07. The Morgan fingerprint density at radius 3 is 2.94 bits per heavy atom. The predicted molar refractivity (Wildman–Crippen MR) is 71.1 cm³/mol. The molecule has 3 heteroatoms. The van der Waals surface area contributed by atoms with Gasteiger partial charge in [-0.25, -0.2) is 4.39 Å². The largest absolute Gasteiger partial charge is 0.309 e. The smallest absolute Gasteiger partial charge is 0.123 e. The van der Waals surface area contributed by atoms with Crippen molar-refractivity contribution in [3.63, 3.8) is 0 Å². The number of rotatable bonds is 4. The fourth-order valence-electron chi connectivity index (χ4n) is 3.20. The van der Waals surface area contributed by atoms with Crippen LogP contribution in [0.5, 0.6) is 0 Å². The molecular formula is C15H21FN2. The molecule has 1 heterocycles. The van der Waals surface area contributed by atoms with E-state index in [4.69, 9.17) is 0 Å². The van der Waals surface area contributed by atoms with Gasteiger partial charge in [-0.15, -0.1) is 0 Å². The van der Waals surface area contributed by atoms with E-state index < -0.39 is 0 Å². The number of nitrogens with one attached hydrogen (secondary N) is 1. The van der Waals surface area contributed by atoms with Crippen LogP contribution in [0, 0.1) is 5.82 Å². The fraction of sp³-hybridized carbons (Fsp3) is 0.600. The average Bonchev–Trinajstić information content (AvgIpc) is 2.99. The van der Waals surface area contributed by atoms with Gasteiger partial charge in [0.15, 0.2) is 0 Å². The minimum Gasteiger partial charge on any atom is -0.309 e. The number of aryl methyl sites for hydroxylation is 1. The number of hydrogen-bond acceptors (Lipinski definition) is 2. The van der Waals surface area contributed by atoms with E-state index >= 15 is 0 Å². The molecule has 1 atom stereocenters. The molecule has 1 aromatic rings. The maximum atomic E-state index is 13.1. The number of nitrogens with zero attached hydrogens (tertiary/aromatic N) is 1. The van der Waals surface area contributed by atoms with E-state index in [-0.39, 0.29) is 5.82 Å². The van der Waals surface area contributed by atoms with Crippen molar-refractivity contribution in [1.29, 1.82) is 0 Å². The second-order valence-corrected chi connectivity index (χ2v) is 5.44. The van der Waals surface area contributed by atoms with Crippen molar-refractivity contribution in [3.05, 3.63) is 35.1 Å². The van der Waals surface area contributed by atoms with Crippen molar-refractivity contribution in [3.8, 4) is 0 Å². The van der Waals surface area contributed by atoms with Crippen LogP contribution in [0.3, 0.4) is 0 Å². The molecule has 3 rings (SSSR count).